The zero-order valence-electron chi connectivity index (χ0n) is 12.6. The van der Waals surface area contributed by atoms with Crippen LogP contribution in [0.4, 0.5) is 0 Å². The van der Waals surface area contributed by atoms with Crippen LogP contribution in [0.15, 0.2) is 24.3 Å². The van der Waals surface area contributed by atoms with Crippen LogP contribution in [0.2, 0.25) is 5.02 Å². The van der Waals surface area contributed by atoms with Crippen LogP contribution >= 0.6 is 11.6 Å². The van der Waals surface area contributed by atoms with E-state index in [2.05, 4.69) is 10.2 Å². The zero-order chi connectivity index (χ0) is 16.0. The van der Waals surface area contributed by atoms with E-state index in [0.29, 0.717) is 29.6 Å². The summed E-state index contributed by atoms with van der Waals surface area (Å²) in [6.45, 7) is 1.09. The highest BCUT2D eigenvalue weighted by Crippen LogP contribution is 2.42. The Labute approximate surface area is 139 Å². The number of rotatable bonds is 3. The lowest BCUT2D eigenvalue weighted by Crippen LogP contribution is -2.39. The summed E-state index contributed by atoms with van der Waals surface area (Å²) in [6, 6.07) is 6.92. The van der Waals surface area contributed by atoms with Crippen molar-refractivity contribution in [1.29, 1.82) is 0 Å². The minimum atomic E-state index is -1.22. The van der Waals surface area contributed by atoms with E-state index in [1.165, 1.54) is 12.8 Å². The molecule has 0 spiro atoms. The van der Waals surface area contributed by atoms with Gasteiger partial charge in [-0.15, -0.1) is 0 Å². The van der Waals surface area contributed by atoms with Gasteiger partial charge in [0.25, 0.3) is 5.91 Å². The van der Waals surface area contributed by atoms with Gasteiger partial charge in [-0.1, -0.05) is 29.8 Å². The number of fused-ring (bicyclic) bond motifs is 1. The van der Waals surface area contributed by atoms with Crippen molar-refractivity contribution in [3.8, 4) is 0 Å². The molecule has 1 fully saturated rings. The Morgan fingerprint density at radius 2 is 2.17 bits per heavy atom. The molecule has 0 unspecified atom stereocenters. The molecule has 0 bridgehead atoms. The first-order chi connectivity index (χ1) is 11.1. The number of aromatic amines is 1. The number of benzene rings is 1. The molecule has 4 rings (SSSR count). The third-order valence-electron chi connectivity index (χ3n) is 4.67. The molecular formula is C17H18ClN3O2. The Bertz CT molecular complexity index is 754. The number of aliphatic hydroxyl groups is 1. The molecule has 1 aromatic heterocycles. The maximum Gasteiger partial charge on any atom is 0.256 e. The molecule has 1 aromatic carbocycles. The molecule has 2 aromatic rings. The zero-order valence-corrected chi connectivity index (χ0v) is 13.4. The summed E-state index contributed by atoms with van der Waals surface area (Å²) < 4.78 is 0. The molecular weight excluding hydrogens is 314 g/mol. The van der Waals surface area contributed by atoms with E-state index in [-0.39, 0.29) is 5.91 Å². The van der Waals surface area contributed by atoms with E-state index < -0.39 is 6.10 Å². The van der Waals surface area contributed by atoms with Crippen LogP contribution in [0.1, 0.15) is 47.4 Å². The van der Waals surface area contributed by atoms with E-state index in [1.54, 1.807) is 29.2 Å². The quantitative estimate of drug-likeness (QED) is 0.908. The second kappa shape index (κ2) is 5.65. The number of H-pyrrole nitrogens is 1. The van der Waals surface area contributed by atoms with E-state index in [0.717, 1.165) is 23.4 Å². The van der Waals surface area contributed by atoms with Gasteiger partial charge >= 0.3 is 0 Å². The minimum absolute atomic E-state index is 0.299. The SMILES string of the molecule is O=C([C@@H](O)c1ccccc1Cl)N1CCc2[nH]nc(C3CC3)c2C1. The summed E-state index contributed by atoms with van der Waals surface area (Å²) in [5.74, 6) is 0.241. The predicted octanol–water partition coefficient (Wildman–Crippen LogP) is 2.56. The molecule has 1 amide bonds. The van der Waals surface area contributed by atoms with Crippen molar-refractivity contribution in [3.05, 3.63) is 51.8 Å². The number of amides is 1. The van der Waals surface area contributed by atoms with Crippen LogP contribution in [-0.2, 0) is 17.8 Å². The van der Waals surface area contributed by atoms with E-state index in [4.69, 9.17) is 11.6 Å². The number of aliphatic hydroxyl groups excluding tert-OH is 1. The number of nitrogens with one attached hydrogen (secondary N) is 1. The van der Waals surface area contributed by atoms with Crippen LogP contribution in [0, 0.1) is 0 Å². The molecule has 2 aliphatic rings. The average molecular weight is 332 g/mol. The first-order valence-corrected chi connectivity index (χ1v) is 8.30. The van der Waals surface area contributed by atoms with E-state index in [1.807, 2.05) is 0 Å². The normalized spacial score (nSPS) is 18.6. The third-order valence-corrected chi connectivity index (χ3v) is 5.02. The fourth-order valence-electron chi connectivity index (χ4n) is 3.20. The summed E-state index contributed by atoms with van der Waals surface area (Å²) >= 11 is 6.10. The van der Waals surface area contributed by atoms with Crippen LogP contribution in [-0.4, -0.2) is 32.7 Å². The first-order valence-electron chi connectivity index (χ1n) is 7.92. The van der Waals surface area contributed by atoms with Gasteiger partial charge in [-0.05, 0) is 18.9 Å². The van der Waals surface area contributed by atoms with Crippen LogP contribution in [0.25, 0.3) is 0 Å². The summed E-state index contributed by atoms with van der Waals surface area (Å²) in [7, 11) is 0. The number of hydrogen-bond acceptors (Lipinski definition) is 3. The lowest BCUT2D eigenvalue weighted by molar-refractivity contribution is -0.141. The van der Waals surface area contributed by atoms with Gasteiger partial charge in [-0.25, -0.2) is 0 Å². The van der Waals surface area contributed by atoms with Crippen LogP contribution in [0.5, 0.6) is 0 Å². The Morgan fingerprint density at radius 1 is 1.39 bits per heavy atom. The number of halogens is 1. The fourth-order valence-corrected chi connectivity index (χ4v) is 3.44. The van der Waals surface area contributed by atoms with Gasteiger partial charge in [0.1, 0.15) is 0 Å². The van der Waals surface area contributed by atoms with E-state index in [9.17, 15) is 9.90 Å². The lowest BCUT2D eigenvalue weighted by atomic mass is 10.0. The van der Waals surface area contributed by atoms with E-state index >= 15 is 0 Å². The molecule has 6 heteroatoms. The van der Waals surface area contributed by atoms with Crippen molar-refractivity contribution in [2.24, 2.45) is 0 Å². The van der Waals surface area contributed by atoms with Crippen molar-refractivity contribution >= 4 is 17.5 Å². The van der Waals surface area contributed by atoms with Gasteiger partial charge in [0, 0.05) is 47.3 Å². The van der Waals surface area contributed by atoms with Crippen molar-refractivity contribution in [2.75, 3.05) is 6.54 Å². The molecule has 5 nitrogen and oxygen atoms in total. The van der Waals surface area contributed by atoms with Gasteiger partial charge in [-0.3, -0.25) is 9.89 Å². The second-order valence-electron chi connectivity index (χ2n) is 6.27. The molecule has 1 saturated carbocycles. The fraction of sp³-hybridized carbons (Fsp3) is 0.412. The number of nitrogens with zero attached hydrogens (tertiary/aromatic N) is 2. The maximum atomic E-state index is 12.7. The monoisotopic (exact) mass is 331 g/mol. The molecule has 0 saturated heterocycles. The van der Waals surface area contributed by atoms with Crippen molar-refractivity contribution < 1.29 is 9.90 Å². The molecule has 1 atom stereocenters. The predicted molar refractivity (Wildman–Crippen MR) is 86.1 cm³/mol. The molecule has 23 heavy (non-hydrogen) atoms. The summed E-state index contributed by atoms with van der Waals surface area (Å²) in [6.07, 6.45) is 1.87. The van der Waals surface area contributed by atoms with Crippen LogP contribution < -0.4 is 0 Å². The van der Waals surface area contributed by atoms with Gasteiger partial charge in [0.05, 0.1) is 5.69 Å². The molecule has 1 aliphatic heterocycles. The largest absolute Gasteiger partial charge is 0.378 e. The van der Waals surface area contributed by atoms with Crippen molar-refractivity contribution in [2.45, 2.75) is 37.8 Å². The van der Waals surface area contributed by atoms with Crippen molar-refractivity contribution in [3.63, 3.8) is 0 Å². The summed E-state index contributed by atoms with van der Waals surface area (Å²) in [5.41, 5.74) is 3.82. The Morgan fingerprint density at radius 3 is 2.91 bits per heavy atom. The van der Waals surface area contributed by atoms with Crippen molar-refractivity contribution in [1.82, 2.24) is 15.1 Å². The molecule has 120 valence electrons. The molecule has 1 aliphatic carbocycles. The number of aromatic nitrogens is 2. The Balaban J connectivity index is 1.55. The highest BCUT2D eigenvalue weighted by Gasteiger charge is 2.34. The average Bonchev–Trinajstić information content (AvgIpc) is 3.33. The highest BCUT2D eigenvalue weighted by atomic mass is 35.5. The van der Waals surface area contributed by atoms with Gasteiger partial charge in [0.15, 0.2) is 6.10 Å². The molecule has 0 radical (unpaired) electrons. The van der Waals surface area contributed by atoms with Gasteiger partial charge < -0.3 is 10.0 Å². The smallest absolute Gasteiger partial charge is 0.256 e. The molecule has 2 heterocycles. The Hall–Kier alpha value is -1.85. The van der Waals surface area contributed by atoms with Gasteiger partial charge in [-0.2, -0.15) is 5.10 Å². The number of carbonyl (C=O) groups is 1. The first kappa shape index (κ1) is 14.7. The van der Waals surface area contributed by atoms with Gasteiger partial charge in [0.2, 0.25) is 0 Å². The second-order valence-corrected chi connectivity index (χ2v) is 6.68. The topological polar surface area (TPSA) is 69.2 Å². The maximum absolute atomic E-state index is 12.7. The highest BCUT2D eigenvalue weighted by molar-refractivity contribution is 6.31. The number of carbonyl (C=O) groups excluding carboxylic acids is 1. The molecule has 2 N–H and O–H groups in total. The third kappa shape index (κ3) is 2.64. The Kier molecular flexibility index (Phi) is 3.62. The standard InChI is InChI=1S/C17H18ClN3O2/c18-13-4-2-1-3-11(13)16(22)17(23)21-8-7-14-12(9-21)15(20-19-14)10-5-6-10/h1-4,10,16,22H,5-9H2,(H,19,20)/t16-/m0/s1. The number of hydrogen-bond donors (Lipinski definition) is 2. The summed E-state index contributed by atoms with van der Waals surface area (Å²) in [4.78, 5) is 14.4. The minimum Gasteiger partial charge on any atom is -0.378 e. The van der Waals surface area contributed by atoms with Crippen LogP contribution in [0.3, 0.4) is 0 Å². The summed E-state index contributed by atoms with van der Waals surface area (Å²) in [5, 5.41) is 18.4. The lowest BCUT2D eigenvalue weighted by Gasteiger charge is -2.29.